The molecule has 0 aliphatic carbocycles. The second-order valence-corrected chi connectivity index (χ2v) is 6.50. The Morgan fingerprint density at radius 1 is 0.931 bits per heavy atom. The lowest BCUT2D eigenvalue weighted by Gasteiger charge is -2.15. The van der Waals surface area contributed by atoms with Crippen LogP contribution in [0.5, 0.6) is 5.75 Å². The lowest BCUT2D eigenvalue weighted by atomic mass is 10.1. The van der Waals surface area contributed by atoms with Crippen molar-refractivity contribution in [2.24, 2.45) is 0 Å². The number of hydrogen-bond acceptors (Lipinski definition) is 5. The van der Waals surface area contributed by atoms with Gasteiger partial charge in [-0.2, -0.15) is 0 Å². The van der Waals surface area contributed by atoms with E-state index < -0.39 is 0 Å². The van der Waals surface area contributed by atoms with Crippen LogP contribution in [-0.4, -0.2) is 23.0 Å². The summed E-state index contributed by atoms with van der Waals surface area (Å²) in [6, 6.07) is 23.1. The number of nitrogens with zero attached hydrogens (tertiary/aromatic N) is 2. The maximum Gasteiger partial charge on any atom is 0.221 e. The number of para-hydroxylation sites is 1. The first-order valence-electron chi connectivity index (χ1n) is 9.19. The lowest BCUT2D eigenvalue weighted by Crippen LogP contribution is -2.07. The number of methoxy groups -OCH3 is 1. The number of benzene rings is 3. The largest absolute Gasteiger partial charge is 0.495 e. The molecule has 2 N–H and O–H groups in total. The number of nitrogens with one attached hydrogen (secondary N) is 2. The number of anilines is 3. The second kappa shape index (κ2) is 7.98. The van der Waals surface area contributed by atoms with E-state index in [4.69, 9.17) is 14.7 Å². The number of ether oxygens (including phenoxy) is 1. The average molecular weight is 384 g/mol. The van der Waals surface area contributed by atoms with E-state index in [1.165, 1.54) is 6.92 Å². The van der Waals surface area contributed by atoms with Crippen molar-refractivity contribution < 1.29 is 9.53 Å². The molecule has 0 bridgehead atoms. The molecule has 6 nitrogen and oxygen atoms in total. The highest BCUT2D eigenvalue weighted by Crippen LogP contribution is 2.33. The molecule has 0 saturated heterocycles. The van der Waals surface area contributed by atoms with E-state index in [1.54, 1.807) is 19.2 Å². The van der Waals surface area contributed by atoms with E-state index in [0.717, 1.165) is 16.5 Å². The molecule has 144 valence electrons. The molecule has 4 aromatic rings. The maximum absolute atomic E-state index is 11.4. The van der Waals surface area contributed by atoms with Crippen molar-refractivity contribution >= 4 is 34.0 Å². The van der Waals surface area contributed by atoms with Crippen molar-refractivity contribution in [3.05, 3.63) is 72.8 Å². The number of rotatable bonds is 5. The zero-order valence-electron chi connectivity index (χ0n) is 16.1. The van der Waals surface area contributed by atoms with Gasteiger partial charge in [-0.25, -0.2) is 9.97 Å². The Kier molecular flexibility index (Phi) is 5.07. The van der Waals surface area contributed by atoms with E-state index in [9.17, 15) is 4.79 Å². The summed E-state index contributed by atoms with van der Waals surface area (Å²) >= 11 is 0. The highest BCUT2D eigenvalue weighted by Gasteiger charge is 2.12. The van der Waals surface area contributed by atoms with Gasteiger partial charge < -0.3 is 15.4 Å². The first kappa shape index (κ1) is 18.4. The third-order valence-electron chi connectivity index (χ3n) is 4.41. The topological polar surface area (TPSA) is 76.1 Å². The molecule has 0 spiro atoms. The van der Waals surface area contributed by atoms with Gasteiger partial charge in [0, 0.05) is 23.6 Å². The van der Waals surface area contributed by atoms with Gasteiger partial charge in [-0.15, -0.1) is 0 Å². The van der Waals surface area contributed by atoms with Gasteiger partial charge in [-0.05, 0) is 30.3 Å². The van der Waals surface area contributed by atoms with Crippen molar-refractivity contribution in [1.29, 1.82) is 0 Å². The first-order valence-corrected chi connectivity index (χ1v) is 9.19. The third kappa shape index (κ3) is 4.01. The Morgan fingerprint density at radius 3 is 2.45 bits per heavy atom. The highest BCUT2D eigenvalue weighted by atomic mass is 16.5. The lowest BCUT2D eigenvalue weighted by molar-refractivity contribution is -0.114. The minimum atomic E-state index is -0.139. The SMILES string of the molecule is COc1ccc(NC(C)=O)cc1Nc1nc(-c2ccccc2)nc2ccccc12. The van der Waals surface area contributed by atoms with Crippen LogP contribution in [-0.2, 0) is 4.79 Å². The average Bonchev–Trinajstić information content (AvgIpc) is 2.74. The molecule has 6 heteroatoms. The van der Waals surface area contributed by atoms with E-state index in [2.05, 4.69) is 10.6 Å². The van der Waals surface area contributed by atoms with Crippen molar-refractivity contribution in [2.45, 2.75) is 6.92 Å². The molecule has 0 radical (unpaired) electrons. The number of aromatic nitrogens is 2. The fourth-order valence-electron chi connectivity index (χ4n) is 3.10. The van der Waals surface area contributed by atoms with Crippen molar-refractivity contribution in [3.63, 3.8) is 0 Å². The van der Waals surface area contributed by atoms with Gasteiger partial charge in [0.25, 0.3) is 0 Å². The van der Waals surface area contributed by atoms with Crippen molar-refractivity contribution in [3.8, 4) is 17.1 Å². The van der Waals surface area contributed by atoms with Crippen LogP contribution < -0.4 is 15.4 Å². The first-order chi connectivity index (χ1) is 14.1. The molecule has 0 unspecified atom stereocenters. The van der Waals surface area contributed by atoms with E-state index in [0.29, 0.717) is 28.8 Å². The standard InChI is InChI=1S/C23H20N4O2/c1-15(28)24-17-12-13-21(29-2)20(14-17)26-23-18-10-6-7-11-19(18)25-22(27-23)16-8-4-3-5-9-16/h3-14H,1-2H3,(H,24,28)(H,25,26,27). The highest BCUT2D eigenvalue weighted by molar-refractivity contribution is 5.94. The zero-order chi connectivity index (χ0) is 20.2. The van der Waals surface area contributed by atoms with Crippen LogP contribution >= 0.6 is 0 Å². The quantitative estimate of drug-likeness (QED) is 0.506. The van der Waals surface area contributed by atoms with Crippen LogP contribution in [0.2, 0.25) is 0 Å². The number of carbonyl (C=O) groups excluding carboxylic acids is 1. The predicted octanol–water partition coefficient (Wildman–Crippen LogP) is 5.01. The summed E-state index contributed by atoms with van der Waals surface area (Å²) in [6.07, 6.45) is 0. The summed E-state index contributed by atoms with van der Waals surface area (Å²) in [5, 5.41) is 7.04. The molecule has 0 saturated carbocycles. The summed E-state index contributed by atoms with van der Waals surface area (Å²) in [5.74, 6) is 1.79. The van der Waals surface area contributed by atoms with Crippen molar-refractivity contribution in [1.82, 2.24) is 9.97 Å². The molecule has 3 aromatic carbocycles. The molecule has 0 fully saturated rings. The number of hydrogen-bond donors (Lipinski definition) is 2. The molecule has 1 aromatic heterocycles. The van der Waals surface area contributed by atoms with Crippen LogP contribution in [0, 0.1) is 0 Å². The molecular formula is C23H20N4O2. The molecular weight excluding hydrogens is 364 g/mol. The summed E-state index contributed by atoms with van der Waals surface area (Å²) in [5.41, 5.74) is 3.13. The monoisotopic (exact) mass is 384 g/mol. The molecule has 29 heavy (non-hydrogen) atoms. The van der Waals surface area contributed by atoms with E-state index in [-0.39, 0.29) is 5.91 Å². The van der Waals surface area contributed by atoms with Gasteiger partial charge in [0.05, 0.1) is 18.3 Å². The number of fused-ring (bicyclic) bond motifs is 1. The van der Waals surface area contributed by atoms with Gasteiger partial charge in [0.2, 0.25) is 5.91 Å². The molecule has 0 aliphatic rings. The molecule has 4 rings (SSSR count). The Hall–Kier alpha value is -3.93. The van der Waals surface area contributed by atoms with Gasteiger partial charge in [0.1, 0.15) is 11.6 Å². The second-order valence-electron chi connectivity index (χ2n) is 6.50. The summed E-state index contributed by atoms with van der Waals surface area (Å²) in [6.45, 7) is 1.47. The smallest absolute Gasteiger partial charge is 0.221 e. The van der Waals surface area contributed by atoms with Crippen LogP contribution in [0.15, 0.2) is 72.8 Å². The minimum absolute atomic E-state index is 0.139. The number of carbonyl (C=O) groups is 1. The fraction of sp³-hybridized carbons (Fsp3) is 0.0870. The van der Waals surface area contributed by atoms with Gasteiger partial charge in [0.15, 0.2) is 5.82 Å². The molecule has 0 aliphatic heterocycles. The van der Waals surface area contributed by atoms with Crippen LogP contribution in [0.25, 0.3) is 22.3 Å². The molecule has 1 heterocycles. The summed E-state index contributed by atoms with van der Waals surface area (Å²) < 4.78 is 5.49. The minimum Gasteiger partial charge on any atom is -0.495 e. The maximum atomic E-state index is 11.4. The Balaban J connectivity index is 1.83. The zero-order valence-corrected chi connectivity index (χ0v) is 16.1. The Morgan fingerprint density at radius 2 is 1.69 bits per heavy atom. The predicted molar refractivity (Wildman–Crippen MR) is 116 cm³/mol. The van der Waals surface area contributed by atoms with Crippen LogP contribution in [0.3, 0.4) is 0 Å². The van der Waals surface area contributed by atoms with Gasteiger partial charge >= 0.3 is 0 Å². The van der Waals surface area contributed by atoms with Crippen molar-refractivity contribution in [2.75, 3.05) is 17.7 Å². The van der Waals surface area contributed by atoms with Crippen LogP contribution in [0.1, 0.15) is 6.92 Å². The Labute approximate surface area is 168 Å². The Bertz CT molecular complexity index is 1180. The van der Waals surface area contributed by atoms with Gasteiger partial charge in [-0.3, -0.25) is 4.79 Å². The van der Waals surface area contributed by atoms with Crippen LogP contribution in [0.4, 0.5) is 17.2 Å². The summed E-state index contributed by atoms with van der Waals surface area (Å²) in [4.78, 5) is 20.9. The summed E-state index contributed by atoms with van der Waals surface area (Å²) in [7, 11) is 1.60. The van der Waals surface area contributed by atoms with E-state index >= 15 is 0 Å². The molecule has 1 amide bonds. The normalized spacial score (nSPS) is 10.6. The number of amides is 1. The molecule has 0 atom stereocenters. The van der Waals surface area contributed by atoms with E-state index in [1.807, 2.05) is 60.7 Å². The third-order valence-corrected chi connectivity index (χ3v) is 4.41. The van der Waals surface area contributed by atoms with Gasteiger partial charge in [-0.1, -0.05) is 42.5 Å². The fourth-order valence-corrected chi connectivity index (χ4v) is 3.10.